The summed E-state index contributed by atoms with van der Waals surface area (Å²) in [6.45, 7) is 3.83. The van der Waals surface area contributed by atoms with E-state index < -0.39 is 12.1 Å². The van der Waals surface area contributed by atoms with E-state index in [1.165, 1.54) is 22.3 Å². The first kappa shape index (κ1) is 23.4. The van der Waals surface area contributed by atoms with Crippen molar-refractivity contribution in [3.63, 3.8) is 0 Å². The summed E-state index contributed by atoms with van der Waals surface area (Å²) in [5, 5.41) is 12.1. The standard InChI is InChI=1S/C28H32N2O5/c1-17(26(31)30-14-12-22-23(15-30)25(22)27(32)33)7-6-13-29-28(34)35-16-24-20-10-4-2-8-18(20)19-9-3-5-11-21(19)24/h2-5,8-11,17,22-25H,6-7,12-16H2,1H3,(H,29,34)(H,32,33). The summed E-state index contributed by atoms with van der Waals surface area (Å²) < 4.78 is 5.56. The molecule has 2 N–H and O–H groups in total. The Morgan fingerprint density at radius 2 is 1.71 bits per heavy atom. The molecular formula is C28H32N2O5. The molecule has 0 bridgehead atoms. The van der Waals surface area contributed by atoms with Crippen LogP contribution in [-0.4, -0.2) is 54.2 Å². The van der Waals surface area contributed by atoms with Gasteiger partial charge in [-0.1, -0.05) is 55.5 Å². The SMILES string of the molecule is CC(CCCNC(=O)OCC1c2ccccc2-c2ccccc21)C(=O)N1CCC2C(C1)C2C(=O)O. The maximum atomic E-state index is 12.8. The second kappa shape index (κ2) is 9.72. The molecule has 35 heavy (non-hydrogen) atoms. The lowest BCUT2D eigenvalue weighted by molar-refractivity contribution is -0.140. The van der Waals surface area contributed by atoms with Crippen LogP contribution in [0.5, 0.6) is 0 Å². The number of ether oxygens (including phenoxy) is 1. The van der Waals surface area contributed by atoms with E-state index in [1.54, 1.807) is 0 Å². The Bertz CT molecular complexity index is 1090. The highest BCUT2D eigenvalue weighted by Crippen LogP contribution is 2.51. The Kier molecular flexibility index (Phi) is 6.50. The number of piperidine rings is 1. The third kappa shape index (κ3) is 4.64. The highest BCUT2D eigenvalue weighted by atomic mass is 16.5. The number of aliphatic carboxylic acids is 1. The van der Waals surface area contributed by atoms with Gasteiger partial charge in [-0.25, -0.2) is 4.79 Å². The molecule has 7 nitrogen and oxygen atoms in total. The lowest BCUT2D eigenvalue weighted by atomic mass is 9.98. The minimum atomic E-state index is -0.735. The molecule has 1 saturated heterocycles. The monoisotopic (exact) mass is 476 g/mol. The van der Waals surface area contributed by atoms with Gasteiger partial charge < -0.3 is 20.1 Å². The number of alkyl carbamates (subject to hydrolysis) is 1. The van der Waals surface area contributed by atoms with E-state index in [-0.39, 0.29) is 42.1 Å². The van der Waals surface area contributed by atoms with Crippen molar-refractivity contribution >= 4 is 18.0 Å². The van der Waals surface area contributed by atoms with Gasteiger partial charge in [-0.3, -0.25) is 9.59 Å². The van der Waals surface area contributed by atoms with Crippen LogP contribution in [0.25, 0.3) is 11.1 Å². The van der Waals surface area contributed by atoms with Crippen molar-refractivity contribution in [3.8, 4) is 11.1 Å². The molecule has 1 aliphatic heterocycles. The average molecular weight is 477 g/mol. The zero-order valence-corrected chi connectivity index (χ0v) is 20.0. The summed E-state index contributed by atoms with van der Waals surface area (Å²) in [5.74, 6) is -0.687. The molecule has 4 unspecified atom stereocenters. The number of rotatable bonds is 8. The second-order valence-corrected chi connectivity index (χ2v) is 10.1. The van der Waals surface area contributed by atoms with Crippen LogP contribution in [0.15, 0.2) is 48.5 Å². The topological polar surface area (TPSA) is 95.9 Å². The van der Waals surface area contributed by atoms with E-state index in [0.29, 0.717) is 32.5 Å². The summed E-state index contributed by atoms with van der Waals surface area (Å²) in [4.78, 5) is 38.2. The largest absolute Gasteiger partial charge is 0.481 e. The van der Waals surface area contributed by atoms with E-state index in [2.05, 4.69) is 29.6 Å². The van der Waals surface area contributed by atoms with Crippen molar-refractivity contribution in [3.05, 3.63) is 59.7 Å². The highest BCUT2D eigenvalue weighted by Gasteiger charge is 2.57. The Morgan fingerprint density at radius 1 is 1.06 bits per heavy atom. The van der Waals surface area contributed by atoms with Crippen LogP contribution in [0.4, 0.5) is 4.79 Å². The van der Waals surface area contributed by atoms with Crippen LogP contribution in [-0.2, 0) is 14.3 Å². The number of nitrogens with one attached hydrogen (secondary N) is 1. The van der Waals surface area contributed by atoms with Gasteiger partial charge in [0.1, 0.15) is 6.61 Å². The lowest BCUT2D eigenvalue weighted by Crippen LogP contribution is -2.40. The molecule has 184 valence electrons. The van der Waals surface area contributed by atoms with Gasteiger partial charge >= 0.3 is 12.1 Å². The number of fused-ring (bicyclic) bond motifs is 4. The van der Waals surface area contributed by atoms with E-state index in [0.717, 1.165) is 6.42 Å². The van der Waals surface area contributed by atoms with Crippen molar-refractivity contribution in [1.82, 2.24) is 10.2 Å². The number of carboxylic acid groups (broad SMARTS) is 1. The molecule has 0 spiro atoms. The Morgan fingerprint density at radius 3 is 2.37 bits per heavy atom. The van der Waals surface area contributed by atoms with Gasteiger partial charge in [0.15, 0.2) is 0 Å². The molecule has 4 atom stereocenters. The molecule has 2 aliphatic carbocycles. The first-order valence-corrected chi connectivity index (χ1v) is 12.6. The number of carboxylic acids is 1. The molecule has 5 rings (SSSR count). The van der Waals surface area contributed by atoms with E-state index in [4.69, 9.17) is 4.74 Å². The molecule has 2 aromatic rings. The van der Waals surface area contributed by atoms with Crippen molar-refractivity contribution in [2.45, 2.75) is 32.1 Å². The summed E-state index contributed by atoms with van der Waals surface area (Å²) >= 11 is 0. The van der Waals surface area contributed by atoms with E-state index >= 15 is 0 Å². The summed E-state index contributed by atoms with van der Waals surface area (Å²) in [6, 6.07) is 16.5. The third-order valence-electron chi connectivity index (χ3n) is 7.94. The molecule has 2 aromatic carbocycles. The minimum Gasteiger partial charge on any atom is -0.481 e. The van der Waals surface area contributed by atoms with E-state index in [1.807, 2.05) is 36.1 Å². The Balaban J connectivity index is 1.04. The van der Waals surface area contributed by atoms with Gasteiger partial charge in [0.2, 0.25) is 5.91 Å². The average Bonchev–Trinajstić information content (AvgIpc) is 3.52. The number of carbonyl (C=O) groups is 3. The molecule has 2 amide bonds. The van der Waals surface area contributed by atoms with Gasteiger partial charge in [-0.15, -0.1) is 0 Å². The Labute approximate surface area is 205 Å². The normalized spacial score (nSPS) is 23.0. The summed E-state index contributed by atoms with van der Waals surface area (Å²) in [7, 11) is 0. The molecule has 7 heteroatoms. The number of carbonyl (C=O) groups excluding carboxylic acids is 2. The summed E-state index contributed by atoms with van der Waals surface area (Å²) in [5.41, 5.74) is 4.75. The third-order valence-corrected chi connectivity index (χ3v) is 7.94. The number of amides is 2. The van der Waals surface area contributed by atoms with Gasteiger partial charge in [0, 0.05) is 31.5 Å². The predicted octanol–water partition coefficient (Wildman–Crippen LogP) is 4.12. The maximum Gasteiger partial charge on any atom is 0.407 e. The van der Waals surface area contributed by atoms with Crippen LogP contribution in [0.3, 0.4) is 0 Å². The first-order valence-electron chi connectivity index (χ1n) is 12.6. The second-order valence-electron chi connectivity index (χ2n) is 10.1. The number of hydrogen-bond donors (Lipinski definition) is 2. The number of likely N-dealkylation sites (tertiary alicyclic amines) is 1. The summed E-state index contributed by atoms with van der Waals surface area (Å²) in [6.07, 6.45) is 1.68. The predicted molar refractivity (Wildman–Crippen MR) is 131 cm³/mol. The zero-order chi connectivity index (χ0) is 24.5. The van der Waals surface area contributed by atoms with Gasteiger partial charge in [-0.05, 0) is 53.4 Å². The zero-order valence-electron chi connectivity index (χ0n) is 20.0. The minimum absolute atomic E-state index is 0.0297. The molecule has 1 heterocycles. The fraction of sp³-hybridized carbons (Fsp3) is 0.464. The Hall–Kier alpha value is -3.35. The van der Waals surface area contributed by atoms with Crippen LogP contribution in [0.2, 0.25) is 0 Å². The van der Waals surface area contributed by atoms with E-state index in [9.17, 15) is 19.5 Å². The molecule has 0 radical (unpaired) electrons. The molecule has 2 fully saturated rings. The lowest BCUT2D eigenvalue weighted by Gasteiger charge is -2.29. The van der Waals surface area contributed by atoms with Crippen molar-refractivity contribution in [2.24, 2.45) is 23.7 Å². The van der Waals surface area contributed by atoms with Gasteiger partial charge in [0.05, 0.1) is 5.92 Å². The van der Waals surface area contributed by atoms with Crippen molar-refractivity contribution in [1.29, 1.82) is 0 Å². The highest BCUT2D eigenvalue weighted by molar-refractivity contribution is 5.80. The maximum absolute atomic E-state index is 12.8. The van der Waals surface area contributed by atoms with Gasteiger partial charge in [-0.2, -0.15) is 0 Å². The van der Waals surface area contributed by atoms with Crippen LogP contribution in [0, 0.1) is 23.7 Å². The fourth-order valence-electron chi connectivity index (χ4n) is 5.99. The quantitative estimate of drug-likeness (QED) is 0.559. The van der Waals surface area contributed by atoms with Crippen LogP contribution >= 0.6 is 0 Å². The van der Waals surface area contributed by atoms with Gasteiger partial charge in [0.25, 0.3) is 0 Å². The molecule has 3 aliphatic rings. The smallest absolute Gasteiger partial charge is 0.407 e. The number of nitrogens with zero attached hydrogens (tertiary/aromatic N) is 1. The molecular weight excluding hydrogens is 444 g/mol. The fourth-order valence-corrected chi connectivity index (χ4v) is 5.99. The first-order chi connectivity index (χ1) is 17.0. The van der Waals surface area contributed by atoms with Crippen molar-refractivity contribution < 1.29 is 24.2 Å². The van der Waals surface area contributed by atoms with Crippen LogP contribution in [0.1, 0.15) is 43.2 Å². The van der Waals surface area contributed by atoms with Crippen LogP contribution < -0.4 is 5.32 Å². The molecule has 0 aromatic heterocycles. The number of hydrogen-bond acceptors (Lipinski definition) is 4. The van der Waals surface area contributed by atoms with Crippen molar-refractivity contribution in [2.75, 3.05) is 26.2 Å². The number of benzene rings is 2. The molecule has 1 saturated carbocycles.